The summed E-state index contributed by atoms with van der Waals surface area (Å²) in [5.74, 6) is 0. The molecule has 1 heterocycles. The van der Waals surface area contributed by atoms with Crippen molar-refractivity contribution in [1.29, 1.82) is 0 Å². The molecule has 2 nitrogen and oxygen atoms in total. The van der Waals surface area contributed by atoms with Crippen molar-refractivity contribution >= 4 is 11.8 Å². The molecule has 1 aliphatic heterocycles. The van der Waals surface area contributed by atoms with Crippen molar-refractivity contribution in [3.05, 3.63) is 36.4 Å². The summed E-state index contributed by atoms with van der Waals surface area (Å²) >= 11 is 0. The van der Waals surface area contributed by atoms with E-state index in [2.05, 4.69) is 37.9 Å². The normalized spacial score (nSPS) is 19.8. The molecule has 2 rings (SSSR count). The molecule has 0 radical (unpaired) electrons. The lowest BCUT2D eigenvalue weighted by molar-refractivity contribution is 0.0526. The van der Waals surface area contributed by atoms with Gasteiger partial charge in [-0.05, 0) is 12.1 Å². The zero-order valence-corrected chi connectivity index (χ0v) is 9.28. The molecule has 0 unspecified atom stereocenters. The van der Waals surface area contributed by atoms with Gasteiger partial charge in [0.15, 0.2) is 0 Å². The van der Waals surface area contributed by atoms with Crippen LogP contribution in [0.15, 0.2) is 30.8 Å². The molecule has 0 atom stereocenters. The fourth-order valence-electron chi connectivity index (χ4n) is 2.14. The van der Waals surface area contributed by atoms with E-state index < -0.39 is 0 Å². The van der Waals surface area contributed by atoms with Crippen molar-refractivity contribution in [1.82, 2.24) is 4.48 Å². The molecule has 0 amide bonds. The van der Waals surface area contributed by atoms with Crippen molar-refractivity contribution in [2.45, 2.75) is 0 Å². The molecule has 1 aliphatic rings. The first-order valence-electron chi connectivity index (χ1n) is 5.40. The topological polar surface area (TPSA) is 9.23 Å². The number of quaternary nitrogens is 1. The van der Waals surface area contributed by atoms with E-state index in [9.17, 15) is 0 Å². The molecule has 1 saturated heterocycles. The fourth-order valence-corrected chi connectivity index (χ4v) is 2.14. The van der Waals surface area contributed by atoms with Gasteiger partial charge in [-0.1, -0.05) is 24.8 Å². The molecular formula is C13H18NO+. The lowest BCUT2D eigenvalue weighted by Gasteiger charge is -2.37. The highest BCUT2D eigenvalue weighted by Gasteiger charge is 2.29. The first-order chi connectivity index (χ1) is 7.26. The van der Waals surface area contributed by atoms with Gasteiger partial charge in [-0.2, -0.15) is 0 Å². The van der Waals surface area contributed by atoms with Gasteiger partial charge in [0.25, 0.3) is 0 Å². The second-order valence-electron chi connectivity index (χ2n) is 4.22. The second-order valence-corrected chi connectivity index (χ2v) is 4.22. The molecule has 0 bridgehead atoms. The molecule has 1 fully saturated rings. The number of likely N-dealkylation sites (N-methyl/N-ethyl adjacent to an activating group) is 1. The minimum atomic E-state index is 0.849. The van der Waals surface area contributed by atoms with E-state index in [0.29, 0.717) is 0 Å². The van der Waals surface area contributed by atoms with Crippen molar-refractivity contribution in [2.24, 2.45) is 0 Å². The Morgan fingerprint density at radius 2 is 1.93 bits per heavy atom. The lowest BCUT2D eigenvalue weighted by Crippen LogP contribution is -2.53. The Bertz CT molecular complexity index is 353. The minimum Gasteiger partial charge on any atom is -0.370 e. The number of rotatable bonds is 2. The molecule has 0 aromatic heterocycles. The highest BCUT2D eigenvalue weighted by atomic mass is 16.5. The fraction of sp³-hybridized carbons (Fsp3) is 0.385. The van der Waals surface area contributed by atoms with Gasteiger partial charge in [0.05, 0.1) is 20.3 Å². The highest BCUT2D eigenvalue weighted by Crippen LogP contribution is 2.27. The first-order valence-corrected chi connectivity index (χ1v) is 5.40. The number of ether oxygens (including phenoxy) is 1. The number of benzene rings is 1. The second kappa shape index (κ2) is 4.17. The molecule has 0 spiro atoms. The molecule has 1 aromatic carbocycles. The van der Waals surface area contributed by atoms with Crippen molar-refractivity contribution in [3.63, 3.8) is 0 Å². The van der Waals surface area contributed by atoms with Crippen molar-refractivity contribution in [3.8, 4) is 0 Å². The molecular weight excluding hydrogens is 186 g/mol. The summed E-state index contributed by atoms with van der Waals surface area (Å²) in [6, 6.07) is 8.48. The van der Waals surface area contributed by atoms with E-state index in [1.165, 1.54) is 11.3 Å². The van der Waals surface area contributed by atoms with Crippen LogP contribution in [-0.4, -0.2) is 33.4 Å². The van der Waals surface area contributed by atoms with E-state index in [4.69, 9.17) is 4.74 Å². The molecule has 0 aliphatic carbocycles. The van der Waals surface area contributed by atoms with Crippen LogP contribution in [0.5, 0.6) is 0 Å². The van der Waals surface area contributed by atoms with Crippen LogP contribution in [0.4, 0.5) is 5.69 Å². The summed E-state index contributed by atoms with van der Waals surface area (Å²) in [5, 5.41) is 0. The van der Waals surface area contributed by atoms with E-state index in [-0.39, 0.29) is 0 Å². The predicted molar refractivity (Wildman–Crippen MR) is 64.8 cm³/mol. The minimum absolute atomic E-state index is 0.849. The van der Waals surface area contributed by atoms with Crippen LogP contribution < -0.4 is 4.48 Å². The SMILES string of the molecule is C=Cc1ccccc1[N+]1(C)CCOCC1. The van der Waals surface area contributed by atoms with E-state index in [1.54, 1.807) is 0 Å². The number of hydrogen-bond donors (Lipinski definition) is 0. The summed E-state index contributed by atoms with van der Waals surface area (Å²) in [7, 11) is 2.27. The number of morpholine rings is 1. The Morgan fingerprint density at radius 3 is 2.60 bits per heavy atom. The van der Waals surface area contributed by atoms with E-state index in [0.717, 1.165) is 30.8 Å². The molecule has 80 valence electrons. The maximum atomic E-state index is 5.42. The van der Waals surface area contributed by atoms with Crippen LogP contribution in [0, 0.1) is 0 Å². The Kier molecular flexibility index (Phi) is 2.89. The van der Waals surface area contributed by atoms with Gasteiger partial charge in [0, 0.05) is 5.56 Å². The third-order valence-corrected chi connectivity index (χ3v) is 3.20. The van der Waals surface area contributed by atoms with E-state index >= 15 is 0 Å². The predicted octanol–water partition coefficient (Wildman–Crippen LogP) is 2.30. The highest BCUT2D eigenvalue weighted by molar-refractivity contribution is 5.64. The zero-order chi connectivity index (χ0) is 10.7. The largest absolute Gasteiger partial charge is 0.370 e. The average Bonchev–Trinajstić information content (AvgIpc) is 2.30. The zero-order valence-electron chi connectivity index (χ0n) is 9.28. The Morgan fingerprint density at radius 1 is 1.27 bits per heavy atom. The van der Waals surface area contributed by atoms with E-state index in [1.807, 2.05) is 6.08 Å². The van der Waals surface area contributed by atoms with Crippen molar-refractivity contribution < 1.29 is 4.74 Å². The quantitative estimate of drug-likeness (QED) is 0.672. The van der Waals surface area contributed by atoms with Crippen LogP contribution in [0.3, 0.4) is 0 Å². The maximum absolute atomic E-state index is 5.42. The van der Waals surface area contributed by atoms with Crippen LogP contribution in [0.2, 0.25) is 0 Å². The Hall–Kier alpha value is -1.12. The lowest BCUT2D eigenvalue weighted by atomic mass is 10.1. The summed E-state index contributed by atoms with van der Waals surface area (Å²) in [6.07, 6.45) is 1.94. The van der Waals surface area contributed by atoms with Crippen LogP contribution >= 0.6 is 0 Å². The standard InChI is InChI=1S/C13H18NO/c1-3-12-6-4-5-7-13(12)14(2)8-10-15-11-9-14/h3-7H,1,8-11H2,2H3/q+1. The average molecular weight is 204 g/mol. The smallest absolute Gasteiger partial charge is 0.140 e. The summed E-state index contributed by atoms with van der Waals surface area (Å²) < 4.78 is 6.38. The summed E-state index contributed by atoms with van der Waals surface area (Å²) in [4.78, 5) is 0. The van der Waals surface area contributed by atoms with Gasteiger partial charge in [0.2, 0.25) is 0 Å². The van der Waals surface area contributed by atoms with Gasteiger partial charge in [-0.3, -0.25) is 4.48 Å². The first kappa shape index (κ1) is 10.4. The molecule has 0 saturated carbocycles. The third-order valence-electron chi connectivity index (χ3n) is 3.20. The van der Waals surface area contributed by atoms with Gasteiger partial charge in [-0.25, -0.2) is 0 Å². The summed E-state index contributed by atoms with van der Waals surface area (Å²) in [5.41, 5.74) is 2.60. The number of nitrogens with zero attached hydrogens (tertiary/aromatic N) is 1. The monoisotopic (exact) mass is 204 g/mol. The third kappa shape index (κ3) is 1.96. The van der Waals surface area contributed by atoms with Gasteiger partial charge >= 0.3 is 0 Å². The molecule has 2 heteroatoms. The Labute approximate surface area is 91.4 Å². The van der Waals surface area contributed by atoms with Crippen LogP contribution in [0.1, 0.15) is 5.56 Å². The summed E-state index contributed by atoms with van der Waals surface area (Å²) in [6.45, 7) is 7.67. The molecule has 1 aromatic rings. The number of hydrogen-bond acceptors (Lipinski definition) is 1. The van der Waals surface area contributed by atoms with Gasteiger partial charge < -0.3 is 4.74 Å². The molecule has 0 N–H and O–H groups in total. The molecule has 15 heavy (non-hydrogen) atoms. The van der Waals surface area contributed by atoms with Crippen LogP contribution in [-0.2, 0) is 4.74 Å². The van der Waals surface area contributed by atoms with Crippen molar-refractivity contribution in [2.75, 3.05) is 33.4 Å². The number of para-hydroxylation sites is 1. The Balaban J connectivity index is 2.38. The van der Waals surface area contributed by atoms with Gasteiger partial charge in [0.1, 0.15) is 18.8 Å². The van der Waals surface area contributed by atoms with Gasteiger partial charge in [-0.15, -0.1) is 0 Å². The maximum Gasteiger partial charge on any atom is 0.140 e. The van der Waals surface area contributed by atoms with Crippen LogP contribution in [0.25, 0.3) is 6.08 Å².